The SMILES string of the molecule is CCc1ccc(CC2CCCN(C)CC2)cc1. The first-order valence-corrected chi connectivity index (χ1v) is 7.04. The highest BCUT2D eigenvalue weighted by molar-refractivity contribution is 5.22. The molecule has 94 valence electrons. The molecule has 1 aromatic carbocycles. The Kier molecular flexibility index (Phi) is 4.61. The van der Waals surface area contributed by atoms with Crippen LogP contribution in [0.3, 0.4) is 0 Å². The van der Waals surface area contributed by atoms with Crippen LogP contribution in [0.25, 0.3) is 0 Å². The molecular formula is C16H25N. The molecule has 1 saturated heterocycles. The number of benzene rings is 1. The van der Waals surface area contributed by atoms with E-state index in [2.05, 4.69) is 43.1 Å². The fourth-order valence-corrected chi connectivity index (χ4v) is 2.76. The number of nitrogens with zero attached hydrogens (tertiary/aromatic N) is 1. The van der Waals surface area contributed by atoms with Crippen molar-refractivity contribution in [2.75, 3.05) is 20.1 Å². The van der Waals surface area contributed by atoms with E-state index in [9.17, 15) is 0 Å². The number of hydrogen-bond donors (Lipinski definition) is 0. The maximum absolute atomic E-state index is 2.47. The van der Waals surface area contributed by atoms with Crippen LogP contribution in [0, 0.1) is 5.92 Å². The quantitative estimate of drug-likeness (QED) is 0.769. The van der Waals surface area contributed by atoms with Gasteiger partial charge in [0.05, 0.1) is 0 Å². The summed E-state index contributed by atoms with van der Waals surface area (Å²) in [4.78, 5) is 2.47. The molecule has 1 heterocycles. The summed E-state index contributed by atoms with van der Waals surface area (Å²) in [5, 5.41) is 0. The van der Waals surface area contributed by atoms with Gasteiger partial charge in [0.15, 0.2) is 0 Å². The van der Waals surface area contributed by atoms with E-state index in [4.69, 9.17) is 0 Å². The summed E-state index contributed by atoms with van der Waals surface area (Å²) in [6.07, 6.45) is 6.56. The van der Waals surface area contributed by atoms with Gasteiger partial charge in [-0.3, -0.25) is 0 Å². The van der Waals surface area contributed by atoms with E-state index in [0.717, 1.165) is 12.3 Å². The molecule has 17 heavy (non-hydrogen) atoms. The Bertz CT molecular complexity index is 328. The van der Waals surface area contributed by atoms with Gasteiger partial charge in [-0.05, 0) is 69.3 Å². The fourth-order valence-electron chi connectivity index (χ4n) is 2.76. The number of aryl methyl sites for hydroxylation is 1. The van der Waals surface area contributed by atoms with Crippen molar-refractivity contribution in [2.24, 2.45) is 5.92 Å². The molecule has 1 unspecified atom stereocenters. The summed E-state index contributed by atoms with van der Waals surface area (Å²) in [7, 11) is 2.25. The summed E-state index contributed by atoms with van der Waals surface area (Å²) in [5.41, 5.74) is 2.98. The summed E-state index contributed by atoms with van der Waals surface area (Å²) in [6.45, 7) is 4.78. The second-order valence-corrected chi connectivity index (χ2v) is 5.47. The molecule has 0 aliphatic carbocycles. The highest BCUT2D eigenvalue weighted by Gasteiger charge is 2.14. The monoisotopic (exact) mass is 231 g/mol. The summed E-state index contributed by atoms with van der Waals surface area (Å²) in [6, 6.07) is 9.23. The average Bonchev–Trinajstić information content (AvgIpc) is 2.56. The third-order valence-corrected chi connectivity index (χ3v) is 4.03. The largest absolute Gasteiger partial charge is 0.306 e. The lowest BCUT2D eigenvalue weighted by atomic mass is 9.92. The molecule has 0 N–H and O–H groups in total. The number of likely N-dealkylation sites (tertiary alicyclic amines) is 1. The van der Waals surface area contributed by atoms with E-state index in [1.807, 2.05) is 0 Å². The van der Waals surface area contributed by atoms with E-state index in [1.165, 1.54) is 49.9 Å². The van der Waals surface area contributed by atoms with Crippen LogP contribution in [0.15, 0.2) is 24.3 Å². The molecule has 0 aromatic heterocycles. The van der Waals surface area contributed by atoms with Gasteiger partial charge in [-0.1, -0.05) is 31.2 Å². The molecule has 0 amide bonds. The van der Waals surface area contributed by atoms with Gasteiger partial charge < -0.3 is 4.90 Å². The summed E-state index contributed by atoms with van der Waals surface area (Å²) >= 11 is 0. The third-order valence-electron chi connectivity index (χ3n) is 4.03. The summed E-state index contributed by atoms with van der Waals surface area (Å²) in [5.74, 6) is 0.896. The maximum Gasteiger partial charge on any atom is -0.00190 e. The van der Waals surface area contributed by atoms with Crippen molar-refractivity contribution in [1.82, 2.24) is 4.90 Å². The lowest BCUT2D eigenvalue weighted by Gasteiger charge is -2.15. The Hall–Kier alpha value is -0.820. The topological polar surface area (TPSA) is 3.24 Å². The molecule has 1 aliphatic heterocycles. The van der Waals surface area contributed by atoms with Gasteiger partial charge in [0.1, 0.15) is 0 Å². The van der Waals surface area contributed by atoms with Crippen LogP contribution in [-0.4, -0.2) is 25.0 Å². The second-order valence-electron chi connectivity index (χ2n) is 5.47. The standard InChI is InChI=1S/C16H25N/c1-3-14-6-8-16(9-7-14)13-15-5-4-11-17(2)12-10-15/h6-9,15H,3-5,10-13H2,1-2H3. The molecular weight excluding hydrogens is 206 g/mol. The zero-order valence-corrected chi connectivity index (χ0v) is 11.3. The smallest absolute Gasteiger partial charge is 0.00190 e. The van der Waals surface area contributed by atoms with Crippen LogP contribution in [-0.2, 0) is 12.8 Å². The molecule has 1 aromatic rings. The molecule has 0 spiro atoms. The Morgan fingerprint density at radius 3 is 2.47 bits per heavy atom. The molecule has 2 rings (SSSR count). The van der Waals surface area contributed by atoms with Gasteiger partial charge in [0.2, 0.25) is 0 Å². The van der Waals surface area contributed by atoms with Gasteiger partial charge in [0, 0.05) is 0 Å². The lowest BCUT2D eigenvalue weighted by molar-refractivity contribution is 0.341. The number of rotatable bonds is 3. The average molecular weight is 231 g/mol. The molecule has 1 aliphatic rings. The van der Waals surface area contributed by atoms with E-state index in [-0.39, 0.29) is 0 Å². The first kappa shape index (κ1) is 12.6. The van der Waals surface area contributed by atoms with Crippen molar-refractivity contribution in [3.63, 3.8) is 0 Å². The fraction of sp³-hybridized carbons (Fsp3) is 0.625. The molecule has 1 heteroatoms. The van der Waals surface area contributed by atoms with Crippen molar-refractivity contribution in [2.45, 2.75) is 39.0 Å². The van der Waals surface area contributed by atoms with Crippen LogP contribution in [0.1, 0.15) is 37.3 Å². The zero-order valence-electron chi connectivity index (χ0n) is 11.3. The van der Waals surface area contributed by atoms with Crippen molar-refractivity contribution >= 4 is 0 Å². The Labute approximate surface area is 106 Å². The molecule has 0 saturated carbocycles. The Balaban J connectivity index is 1.90. The number of hydrogen-bond acceptors (Lipinski definition) is 1. The van der Waals surface area contributed by atoms with Crippen molar-refractivity contribution in [1.29, 1.82) is 0 Å². The minimum atomic E-state index is 0.896. The minimum Gasteiger partial charge on any atom is -0.306 e. The second kappa shape index (κ2) is 6.20. The van der Waals surface area contributed by atoms with Crippen LogP contribution < -0.4 is 0 Å². The zero-order chi connectivity index (χ0) is 12.1. The van der Waals surface area contributed by atoms with E-state index < -0.39 is 0 Å². The van der Waals surface area contributed by atoms with E-state index in [1.54, 1.807) is 0 Å². The third kappa shape index (κ3) is 3.85. The van der Waals surface area contributed by atoms with Gasteiger partial charge in [-0.15, -0.1) is 0 Å². The van der Waals surface area contributed by atoms with Gasteiger partial charge in [-0.25, -0.2) is 0 Å². The lowest BCUT2D eigenvalue weighted by Crippen LogP contribution is -2.19. The van der Waals surface area contributed by atoms with Crippen molar-refractivity contribution < 1.29 is 0 Å². The van der Waals surface area contributed by atoms with Crippen molar-refractivity contribution in [3.05, 3.63) is 35.4 Å². The molecule has 0 bridgehead atoms. The van der Waals surface area contributed by atoms with Gasteiger partial charge in [-0.2, -0.15) is 0 Å². The van der Waals surface area contributed by atoms with E-state index >= 15 is 0 Å². The normalized spacial score (nSPS) is 22.4. The first-order chi connectivity index (χ1) is 8.28. The van der Waals surface area contributed by atoms with Crippen molar-refractivity contribution in [3.8, 4) is 0 Å². The first-order valence-electron chi connectivity index (χ1n) is 7.04. The van der Waals surface area contributed by atoms with Crippen LogP contribution in [0.4, 0.5) is 0 Å². The van der Waals surface area contributed by atoms with Gasteiger partial charge in [0.25, 0.3) is 0 Å². The predicted molar refractivity (Wildman–Crippen MR) is 74.4 cm³/mol. The van der Waals surface area contributed by atoms with E-state index in [0.29, 0.717) is 0 Å². The van der Waals surface area contributed by atoms with Crippen LogP contribution >= 0.6 is 0 Å². The van der Waals surface area contributed by atoms with Crippen LogP contribution in [0.5, 0.6) is 0 Å². The molecule has 1 nitrogen and oxygen atoms in total. The maximum atomic E-state index is 2.47. The van der Waals surface area contributed by atoms with Gasteiger partial charge >= 0.3 is 0 Å². The summed E-state index contributed by atoms with van der Waals surface area (Å²) < 4.78 is 0. The Morgan fingerprint density at radius 2 is 1.76 bits per heavy atom. The molecule has 0 radical (unpaired) electrons. The minimum absolute atomic E-state index is 0.896. The molecule has 1 atom stereocenters. The van der Waals surface area contributed by atoms with Crippen LogP contribution in [0.2, 0.25) is 0 Å². The predicted octanol–water partition coefficient (Wildman–Crippen LogP) is 3.52. The Morgan fingerprint density at radius 1 is 1.06 bits per heavy atom. The highest BCUT2D eigenvalue weighted by atomic mass is 15.1. The highest BCUT2D eigenvalue weighted by Crippen LogP contribution is 2.21. The molecule has 1 fully saturated rings.